The molecule has 0 bridgehead atoms. The fourth-order valence-corrected chi connectivity index (χ4v) is 1.79. The molecule has 1 aromatic carbocycles. The van der Waals surface area contributed by atoms with Crippen molar-refractivity contribution in [3.05, 3.63) is 41.3 Å². The van der Waals surface area contributed by atoms with Crippen molar-refractivity contribution in [1.29, 1.82) is 0 Å². The molecule has 0 saturated carbocycles. The van der Waals surface area contributed by atoms with Crippen molar-refractivity contribution in [2.45, 2.75) is 19.8 Å². The maximum absolute atomic E-state index is 13.7. The van der Waals surface area contributed by atoms with E-state index in [4.69, 9.17) is 4.42 Å². The lowest BCUT2D eigenvalue weighted by molar-refractivity contribution is 0.0564. The summed E-state index contributed by atoms with van der Waals surface area (Å²) in [7, 11) is 1.21. The molecule has 0 amide bonds. The molecular formula is C14H13F2NO3. The zero-order valence-electron chi connectivity index (χ0n) is 11.1. The van der Waals surface area contributed by atoms with Gasteiger partial charge in [0, 0.05) is 0 Å². The van der Waals surface area contributed by atoms with Crippen molar-refractivity contribution in [1.82, 2.24) is 4.98 Å². The molecule has 2 rings (SSSR count). The van der Waals surface area contributed by atoms with Gasteiger partial charge in [-0.1, -0.05) is 19.4 Å². The van der Waals surface area contributed by atoms with Gasteiger partial charge in [-0.3, -0.25) is 0 Å². The minimum Gasteiger partial charge on any atom is -0.463 e. The Morgan fingerprint density at radius 2 is 2.15 bits per heavy atom. The lowest BCUT2D eigenvalue weighted by Crippen LogP contribution is -2.03. The van der Waals surface area contributed by atoms with Crippen LogP contribution in [0.2, 0.25) is 0 Å². The Bertz CT molecular complexity index is 637. The summed E-state index contributed by atoms with van der Waals surface area (Å²) in [4.78, 5) is 15.6. The maximum atomic E-state index is 13.7. The van der Waals surface area contributed by atoms with Crippen molar-refractivity contribution >= 4 is 5.97 Å². The van der Waals surface area contributed by atoms with Crippen LogP contribution in [0.3, 0.4) is 0 Å². The molecule has 0 aliphatic rings. The van der Waals surface area contributed by atoms with Gasteiger partial charge in [-0.2, -0.15) is 0 Å². The van der Waals surface area contributed by atoms with E-state index in [1.807, 2.05) is 6.92 Å². The highest BCUT2D eigenvalue weighted by Gasteiger charge is 2.23. The van der Waals surface area contributed by atoms with Gasteiger partial charge in [-0.25, -0.2) is 18.6 Å². The number of rotatable bonds is 4. The van der Waals surface area contributed by atoms with Gasteiger partial charge in [0.2, 0.25) is 11.7 Å². The summed E-state index contributed by atoms with van der Waals surface area (Å²) < 4.78 is 36.8. The second kappa shape index (κ2) is 5.81. The molecule has 0 N–H and O–H groups in total. The predicted molar refractivity (Wildman–Crippen MR) is 67.2 cm³/mol. The van der Waals surface area contributed by atoms with E-state index in [0.29, 0.717) is 12.1 Å². The van der Waals surface area contributed by atoms with Crippen LogP contribution < -0.4 is 0 Å². The van der Waals surface area contributed by atoms with Crippen LogP contribution in [-0.2, 0) is 11.2 Å². The average Bonchev–Trinajstić information content (AvgIpc) is 2.85. The van der Waals surface area contributed by atoms with Crippen LogP contribution in [0.1, 0.15) is 29.6 Å². The topological polar surface area (TPSA) is 52.3 Å². The first-order valence-electron chi connectivity index (χ1n) is 6.10. The second-order valence-electron chi connectivity index (χ2n) is 4.14. The third-order valence-corrected chi connectivity index (χ3v) is 2.74. The molecule has 4 nitrogen and oxygen atoms in total. The number of carbonyl (C=O) groups excluding carboxylic acids is 1. The van der Waals surface area contributed by atoms with E-state index in [1.165, 1.54) is 19.2 Å². The Morgan fingerprint density at radius 3 is 2.80 bits per heavy atom. The maximum Gasteiger partial charge on any atom is 0.376 e. The number of aromatic nitrogens is 1. The van der Waals surface area contributed by atoms with Crippen LogP contribution >= 0.6 is 0 Å². The van der Waals surface area contributed by atoms with Gasteiger partial charge in [0.1, 0.15) is 0 Å². The molecule has 1 aromatic heterocycles. The fraction of sp³-hybridized carbons (Fsp3) is 0.286. The summed E-state index contributed by atoms with van der Waals surface area (Å²) in [6.45, 7) is 1.90. The van der Waals surface area contributed by atoms with Gasteiger partial charge >= 0.3 is 5.97 Å². The molecule has 0 atom stereocenters. The number of aryl methyl sites for hydroxylation is 1. The van der Waals surface area contributed by atoms with Crippen LogP contribution in [0.25, 0.3) is 11.5 Å². The Morgan fingerprint density at radius 1 is 1.40 bits per heavy atom. The van der Waals surface area contributed by atoms with Gasteiger partial charge in [-0.15, -0.1) is 0 Å². The number of benzene rings is 1. The highest BCUT2D eigenvalue weighted by atomic mass is 19.2. The molecule has 0 aliphatic heterocycles. The summed E-state index contributed by atoms with van der Waals surface area (Å²) in [6.07, 6.45) is 1.20. The zero-order chi connectivity index (χ0) is 14.7. The Labute approximate surface area is 114 Å². The molecule has 0 unspecified atom stereocenters. The Hall–Kier alpha value is -2.24. The van der Waals surface area contributed by atoms with E-state index in [-0.39, 0.29) is 17.2 Å². The third kappa shape index (κ3) is 2.54. The van der Waals surface area contributed by atoms with Crippen molar-refractivity contribution in [3.8, 4) is 11.5 Å². The number of hydrogen-bond donors (Lipinski definition) is 0. The molecular weight excluding hydrogens is 268 g/mol. The molecule has 0 aliphatic carbocycles. The van der Waals surface area contributed by atoms with Gasteiger partial charge in [-0.05, 0) is 18.6 Å². The zero-order valence-corrected chi connectivity index (χ0v) is 11.1. The summed E-state index contributed by atoms with van der Waals surface area (Å²) in [5.41, 5.74) is 0.246. The number of ether oxygens (including phenoxy) is 1. The number of methoxy groups -OCH3 is 1. The van der Waals surface area contributed by atoms with E-state index < -0.39 is 17.6 Å². The quantitative estimate of drug-likeness (QED) is 0.806. The van der Waals surface area contributed by atoms with E-state index >= 15 is 0 Å². The Balaban J connectivity index is 2.52. The molecule has 2 aromatic rings. The summed E-state index contributed by atoms with van der Waals surface area (Å²) >= 11 is 0. The summed E-state index contributed by atoms with van der Waals surface area (Å²) in [5, 5.41) is 0. The van der Waals surface area contributed by atoms with Crippen molar-refractivity contribution < 1.29 is 22.7 Å². The number of halogens is 2. The summed E-state index contributed by atoms with van der Waals surface area (Å²) in [6, 6.07) is 3.67. The fourth-order valence-electron chi connectivity index (χ4n) is 1.79. The molecule has 0 fully saturated rings. The normalized spacial score (nSPS) is 10.6. The van der Waals surface area contributed by atoms with Crippen LogP contribution in [-0.4, -0.2) is 18.1 Å². The van der Waals surface area contributed by atoms with E-state index in [0.717, 1.165) is 12.5 Å². The van der Waals surface area contributed by atoms with Gasteiger partial charge in [0.15, 0.2) is 11.6 Å². The molecule has 1 heterocycles. The van der Waals surface area contributed by atoms with Gasteiger partial charge < -0.3 is 9.15 Å². The SMILES string of the molecule is CCCc1nc(-c2cccc(F)c2F)oc1C(=O)OC. The van der Waals surface area contributed by atoms with E-state index in [9.17, 15) is 13.6 Å². The lowest BCUT2D eigenvalue weighted by Gasteiger charge is -1.98. The number of hydrogen-bond acceptors (Lipinski definition) is 4. The third-order valence-electron chi connectivity index (χ3n) is 2.74. The Kier molecular flexibility index (Phi) is 4.12. The molecule has 6 heteroatoms. The largest absolute Gasteiger partial charge is 0.463 e. The highest BCUT2D eigenvalue weighted by Crippen LogP contribution is 2.27. The van der Waals surface area contributed by atoms with E-state index in [1.54, 1.807) is 0 Å². The first-order chi connectivity index (χ1) is 9.58. The number of oxazole rings is 1. The number of nitrogens with zero attached hydrogens (tertiary/aromatic N) is 1. The first-order valence-corrected chi connectivity index (χ1v) is 6.10. The predicted octanol–water partition coefficient (Wildman–Crippen LogP) is 3.36. The van der Waals surface area contributed by atoms with Crippen LogP contribution in [0.4, 0.5) is 8.78 Å². The van der Waals surface area contributed by atoms with E-state index in [2.05, 4.69) is 9.72 Å². The standard InChI is InChI=1S/C14H13F2NO3/c1-3-5-10-12(14(18)19-2)20-13(17-10)8-6-4-7-9(15)11(8)16/h4,6-7H,3,5H2,1-2H3. The minimum atomic E-state index is -1.06. The summed E-state index contributed by atoms with van der Waals surface area (Å²) in [5.74, 6) is -2.96. The van der Waals surface area contributed by atoms with Gasteiger partial charge in [0.05, 0.1) is 18.4 Å². The first kappa shape index (κ1) is 14.2. The number of esters is 1. The van der Waals surface area contributed by atoms with Crippen molar-refractivity contribution in [2.75, 3.05) is 7.11 Å². The average molecular weight is 281 g/mol. The minimum absolute atomic E-state index is 0.0759. The van der Waals surface area contributed by atoms with Crippen molar-refractivity contribution in [2.24, 2.45) is 0 Å². The van der Waals surface area contributed by atoms with Crippen molar-refractivity contribution in [3.63, 3.8) is 0 Å². The smallest absolute Gasteiger partial charge is 0.376 e. The number of carbonyl (C=O) groups is 1. The molecule has 106 valence electrons. The molecule has 0 radical (unpaired) electrons. The monoisotopic (exact) mass is 281 g/mol. The van der Waals surface area contributed by atoms with Crippen LogP contribution in [0, 0.1) is 11.6 Å². The lowest BCUT2D eigenvalue weighted by atomic mass is 10.2. The molecule has 20 heavy (non-hydrogen) atoms. The molecule has 0 saturated heterocycles. The highest BCUT2D eigenvalue weighted by molar-refractivity contribution is 5.88. The van der Waals surface area contributed by atoms with Crippen LogP contribution in [0.5, 0.6) is 0 Å². The second-order valence-corrected chi connectivity index (χ2v) is 4.14. The van der Waals surface area contributed by atoms with Gasteiger partial charge in [0.25, 0.3) is 0 Å². The van der Waals surface area contributed by atoms with Crippen LogP contribution in [0.15, 0.2) is 22.6 Å². The molecule has 0 spiro atoms.